The van der Waals surface area contributed by atoms with Crippen molar-refractivity contribution in [3.63, 3.8) is 0 Å². The van der Waals surface area contributed by atoms with Gasteiger partial charge in [-0.05, 0) is 48.3 Å². The molecule has 104 valence electrons. The van der Waals surface area contributed by atoms with E-state index in [9.17, 15) is 5.11 Å². The summed E-state index contributed by atoms with van der Waals surface area (Å²) in [6.07, 6.45) is 5.28. The minimum absolute atomic E-state index is 0.341. The average molecular weight is 266 g/mol. The molecule has 0 aliphatic heterocycles. The molecule has 1 fully saturated rings. The molecule has 1 saturated carbocycles. The zero-order valence-electron chi connectivity index (χ0n) is 11.8. The first-order chi connectivity index (χ1) is 9.84. The Balaban J connectivity index is 1.69. The van der Waals surface area contributed by atoms with Gasteiger partial charge >= 0.3 is 0 Å². The van der Waals surface area contributed by atoms with E-state index in [1.165, 1.54) is 30.4 Å². The molecule has 0 amide bonds. The van der Waals surface area contributed by atoms with Crippen molar-refractivity contribution in [2.24, 2.45) is 0 Å². The third-order valence-corrected chi connectivity index (χ3v) is 4.45. The van der Waals surface area contributed by atoms with Crippen LogP contribution in [0.3, 0.4) is 0 Å². The van der Waals surface area contributed by atoms with Crippen LogP contribution in [0.25, 0.3) is 0 Å². The van der Waals surface area contributed by atoms with Crippen LogP contribution in [0.15, 0.2) is 54.6 Å². The summed E-state index contributed by atoms with van der Waals surface area (Å²) in [6.45, 7) is 0. The van der Waals surface area contributed by atoms with Crippen LogP contribution in [0.2, 0.25) is 0 Å². The minimum Gasteiger partial charge on any atom is -0.388 e. The van der Waals surface area contributed by atoms with E-state index in [0.717, 1.165) is 18.4 Å². The highest BCUT2D eigenvalue weighted by atomic mass is 16.3. The maximum Gasteiger partial charge on any atom is 0.0796 e. The summed E-state index contributed by atoms with van der Waals surface area (Å²) in [4.78, 5) is 0. The molecule has 0 aromatic heterocycles. The van der Waals surface area contributed by atoms with Crippen LogP contribution in [-0.4, -0.2) is 5.11 Å². The lowest BCUT2D eigenvalue weighted by Gasteiger charge is -2.29. The maximum absolute atomic E-state index is 10.5. The fourth-order valence-electron chi connectivity index (χ4n) is 3.01. The lowest BCUT2D eigenvalue weighted by atomic mass is 9.77. The third-order valence-electron chi connectivity index (χ3n) is 4.45. The molecule has 1 N–H and O–H groups in total. The van der Waals surface area contributed by atoms with E-state index >= 15 is 0 Å². The van der Waals surface area contributed by atoms with E-state index in [2.05, 4.69) is 42.5 Å². The molecule has 1 heteroatoms. The fraction of sp³-hybridized carbons (Fsp3) is 0.368. The van der Waals surface area contributed by atoms with Crippen LogP contribution in [0.1, 0.15) is 54.4 Å². The number of hydrogen-bond acceptors (Lipinski definition) is 1. The van der Waals surface area contributed by atoms with Crippen LogP contribution in [-0.2, 0) is 6.42 Å². The Morgan fingerprint density at radius 2 is 1.65 bits per heavy atom. The zero-order chi connectivity index (χ0) is 13.8. The summed E-state index contributed by atoms with van der Waals surface area (Å²) < 4.78 is 0. The number of benzene rings is 2. The highest BCUT2D eigenvalue weighted by molar-refractivity contribution is 5.33. The summed E-state index contributed by atoms with van der Waals surface area (Å²) in [6, 6.07) is 18.9. The third kappa shape index (κ3) is 2.94. The Bertz CT molecular complexity index is 543. The van der Waals surface area contributed by atoms with Gasteiger partial charge in [0.1, 0.15) is 0 Å². The van der Waals surface area contributed by atoms with E-state index in [1.807, 2.05) is 12.1 Å². The highest BCUT2D eigenvalue weighted by Crippen LogP contribution is 2.40. The Morgan fingerprint density at radius 1 is 0.950 bits per heavy atom. The van der Waals surface area contributed by atoms with Crippen LogP contribution in [0.5, 0.6) is 0 Å². The molecule has 2 aromatic rings. The van der Waals surface area contributed by atoms with Gasteiger partial charge in [-0.1, -0.05) is 61.0 Å². The normalized spacial score (nSPS) is 16.6. The first-order valence-corrected chi connectivity index (χ1v) is 7.65. The van der Waals surface area contributed by atoms with E-state index in [1.54, 1.807) is 0 Å². The average Bonchev–Trinajstić information content (AvgIpc) is 2.45. The number of rotatable bonds is 5. The molecule has 1 nitrogen and oxygen atoms in total. The molecule has 0 heterocycles. The first kappa shape index (κ1) is 13.4. The van der Waals surface area contributed by atoms with Crippen molar-refractivity contribution in [3.8, 4) is 0 Å². The Morgan fingerprint density at radius 3 is 2.35 bits per heavy atom. The summed E-state index contributed by atoms with van der Waals surface area (Å²) in [5.74, 6) is 0.678. The molecule has 20 heavy (non-hydrogen) atoms. The van der Waals surface area contributed by atoms with Crippen molar-refractivity contribution in [3.05, 3.63) is 71.3 Å². The fourth-order valence-corrected chi connectivity index (χ4v) is 3.01. The second-order valence-electron chi connectivity index (χ2n) is 5.80. The SMILES string of the molecule is OC(CCc1ccccc1)c1ccccc1C1CCC1. The van der Waals surface area contributed by atoms with Crippen molar-refractivity contribution >= 4 is 0 Å². The molecular weight excluding hydrogens is 244 g/mol. The van der Waals surface area contributed by atoms with Gasteiger partial charge < -0.3 is 5.11 Å². The topological polar surface area (TPSA) is 20.2 Å². The van der Waals surface area contributed by atoms with Crippen molar-refractivity contribution in [2.75, 3.05) is 0 Å². The lowest BCUT2D eigenvalue weighted by molar-refractivity contribution is 0.165. The molecule has 1 aliphatic carbocycles. The summed E-state index contributed by atoms with van der Waals surface area (Å²) in [5.41, 5.74) is 3.82. The molecule has 1 atom stereocenters. The van der Waals surface area contributed by atoms with Gasteiger partial charge in [-0.3, -0.25) is 0 Å². The van der Waals surface area contributed by atoms with Crippen LogP contribution < -0.4 is 0 Å². The highest BCUT2D eigenvalue weighted by Gasteiger charge is 2.23. The van der Waals surface area contributed by atoms with Gasteiger partial charge in [-0.25, -0.2) is 0 Å². The first-order valence-electron chi connectivity index (χ1n) is 7.65. The van der Waals surface area contributed by atoms with Gasteiger partial charge in [0.2, 0.25) is 0 Å². The molecule has 0 spiro atoms. The Hall–Kier alpha value is -1.60. The molecule has 0 radical (unpaired) electrons. The second kappa shape index (κ2) is 6.23. The van der Waals surface area contributed by atoms with Gasteiger partial charge in [0.05, 0.1) is 6.10 Å². The molecular formula is C19H22O. The smallest absolute Gasteiger partial charge is 0.0796 e. The summed E-state index contributed by atoms with van der Waals surface area (Å²) >= 11 is 0. The molecule has 0 bridgehead atoms. The Labute approximate surface area is 121 Å². The van der Waals surface area contributed by atoms with Crippen molar-refractivity contribution in [1.82, 2.24) is 0 Å². The number of aliphatic hydroxyl groups excluding tert-OH is 1. The molecule has 1 aliphatic rings. The monoisotopic (exact) mass is 266 g/mol. The van der Waals surface area contributed by atoms with E-state index in [-0.39, 0.29) is 6.10 Å². The van der Waals surface area contributed by atoms with Crippen molar-refractivity contribution in [2.45, 2.75) is 44.1 Å². The number of aliphatic hydroxyl groups is 1. The molecule has 1 unspecified atom stereocenters. The number of hydrogen-bond donors (Lipinski definition) is 1. The largest absolute Gasteiger partial charge is 0.388 e. The minimum atomic E-state index is -0.341. The standard InChI is InChI=1S/C19H22O/c20-19(14-13-15-7-2-1-3-8-15)18-12-5-4-11-17(18)16-9-6-10-16/h1-5,7-8,11-12,16,19-20H,6,9-10,13-14H2. The predicted octanol–water partition coefficient (Wildman–Crippen LogP) is 4.62. The molecule has 2 aromatic carbocycles. The van der Waals surface area contributed by atoms with Gasteiger partial charge in [0, 0.05) is 0 Å². The van der Waals surface area contributed by atoms with Crippen molar-refractivity contribution in [1.29, 1.82) is 0 Å². The van der Waals surface area contributed by atoms with E-state index in [0.29, 0.717) is 5.92 Å². The van der Waals surface area contributed by atoms with Crippen molar-refractivity contribution < 1.29 is 5.11 Å². The number of aryl methyl sites for hydroxylation is 1. The molecule has 0 saturated heterocycles. The maximum atomic E-state index is 10.5. The van der Waals surface area contributed by atoms with Crippen LogP contribution in [0, 0.1) is 0 Å². The van der Waals surface area contributed by atoms with E-state index in [4.69, 9.17) is 0 Å². The quantitative estimate of drug-likeness (QED) is 0.837. The van der Waals surface area contributed by atoms with Crippen LogP contribution >= 0.6 is 0 Å². The lowest BCUT2D eigenvalue weighted by Crippen LogP contribution is -2.13. The second-order valence-corrected chi connectivity index (χ2v) is 5.80. The zero-order valence-corrected chi connectivity index (χ0v) is 11.8. The predicted molar refractivity (Wildman–Crippen MR) is 82.8 cm³/mol. The summed E-state index contributed by atoms with van der Waals surface area (Å²) in [7, 11) is 0. The van der Waals surface area contributed by atoms with Gasteiger partial charge in [-0.2, -0.15) is 0 Å². The van der Waals surface area contributed by atoms with Gasteiger partial charge in [0.25, 0.3) is 0 Å². The Kier molecular flexibility index (Phi) is 4.17. The van der Waals surface area contributed by atoms with E-state index < -0.39 is 0 Å². The van der Waals surface area contributed by atoms with Crippen LogP contribution in [0.4, 0.5) is 0 Å². The van der Waals surface area contributed by atoms with Gasteiger partial charge in [-0.15, -0.1) is 0 Å². The van der Waals surface area contributed by atoms with Gasteiger partial charge in [0.15, 0.2) is 0 Å². The summed E-state index contributed by atoms with van der Waals surface area (Å²) in [5, 5.41) is 10.5. The molecule has 3 rings (SSSR count).